The lowest BCUT2D eigenvalue weighted by molar-refractivity contribution is -0.227. The van der Waals surface area contributed by atoms with Gasteiger partial charge in [-0.2, -0.15) is 0 Å². The highest BCUT2D eigenvalue weighted by Gasteiger charge is 2.80. The van der Waals surface area contributed by atoms with E-state index in [1.165, 1.54) is 19.1 Å². The van der Waals surface area contributed by atoms with Crippen molar-refractivity contribution in [2.24, 2.45) is 28.1 Å². The van der Waals surface area contributed by atoms with Gasteiger partial charge in [-0.3, -0.25) is 14.4 Å². The fourth-order valence-electron chi connectivity index (χ4n) is 7.98. The van der Waals surface area contributed by atoms with E-state index in [0.29, 0.717) is 11.8 Å². The number of allylic oxidation sites excluding steroid dienone is 4. The van der Waals surface area contributed by atoms with Crippen LogP contribution in [0.25, 0.3) is 0 Å². The number of aliphatic hydroxyl groups is 1. The summed E-state index contributed by atoms with van der Waals surface area (Å²) >= 11 is 0.394. The molecule has 35 heavy (non-hydrogen) atoms. The number of fused-ring (bicyclic) bond motifs is 5. The summed E-state index contributed by atoms with van der Waals surface area (Å²) in [6.45, 7) is 8.22. The van der Waals surface area contributed by atoms with E-state index in [2.05, 4.69) is 0 Å². The molecule has 5 nitrogen and oxygen atoms in total. The van der Waals surface area contributed by atoms with Gasteiger partial charge in [0, 0.05) is 41.4 Å². The number of alkyl halides is 2. The zero-order valence-electron chi connectivity index (χ0n) is 20.8. The van der Waals surface area contributed by atoms with E-state index in [1.54, 1.807) is 27.7 Å². The quantitative estimate of drug-likeness (QED) is 0.522. The molecule has 7 atom stereocenters. The second kappa shape index (κ2) is 8.20. The van der Waals surface area contributed by atoms with Gasteiger partial charge in [0.05, 0.1) is 6.10 Å². The lowest BCUT2D eigenvalue weighted by Crippen LogP contribution is -2.70. The number of halogens is 3. The van der Waals surface area contributed by atoms with Crippen LogP contribution < -0.4 is 0 Å². The van der Waals surface area contributed by atoms with Gasteiger partial charge in [-0.15, -0.1) is 0 Å². The van der Waals surface area contributed by atoms with Crippen LogP contribution in [0, 0.1) is 28.1 Å². The third-order valence-corrected chi connectivity index (χ3v) is 10.2. The molecule has 0 aromatic heterocycles. The van der Waals surface area contributed by atoms with Gasteiger partial charge in [0.15, 0.2) is 17.1 Å². The summed E-state index contributed by atoms with van der Waals surface area (Å²) in [4.78, 5) is 38.2. The largest absolute Gasteiger partial charge is 0.449 e. The van der Waals surface area contributed by atoms with Crippen LogP contribution >= 0.6 is 11.8 Å². The SMILES string of the molecule is CCC(=O)OC1(C(=O)SCF)C(C)(C)CC2C3CC(F)=C4CC(=O)C=CC4(C)C3(F)C(O)CC21C. The molecule has 4 rings (SSSR count). The Morgan fingerprint density at radius 3 is 2.46 bits per heavy atom. The maximum atomic E-state index is 17.4. The molecule has 0 saturated heterocycles. The number of rotatable bonds is 4. The second-order valence-corrected chi connectivity index (χ2v) is 12.4. The van der Waals surface area contributed by atoms with Crippen molar-refractivity contribution in [3.8, 4) is 0 Å². The third kappa shape index (κ3) is 3.15. The standard InChI is InChI=1S/C26H33F3O5S/c1-6-20(32)34-26(21(33)35-13-27)22(2,3)11-17-15-10-18(28)16-9-14(30)7-8-23(16,4)25(15,29)19(31)12-24(17,26)5/h7-8,15,17,19,31H,6,9-13H2,1-5H3. The van der Waals surface area contributed by atoms with Gasteiger partial charge >= 0.3 is 5.97 Å². The highest BCUT2D eigenvalue weighted by molar-refractivity contribution is 8.13. The van der Waals surface area contributed by atoms with Gasteiger partial charge in [0.1, 0.15) is 11.8 Å². The first-order valence-electron chi connectivity index (χ1n) is 12.1. The first-order chi connectivity index (χ1) is 16.2. The van der Waals surface area contributed by atoms with Gasteiger partial charge in [0.2, 0.25) is 5.12 Å². The molecule has 9 heteroatoms. The highest BCUT2D eigenvalue weighted by Crippen LogP contribution is 2.74. The highest BCUT2D eigenvalue weighted by atomic mass is 32.2. The fourth-order valence-corrected chi connectivity index (χ4v) is 8.83. The average Bonchev–Trinajstić information content (AvgIpc) is 2.95. The average molecular weight is 515 g/mol. The van der Waals surface area contributed by atoms with Crippen LogP contribution in [-0.2, 0) is 19.1 Å². The molecule has 2 saturated carbocycles. The number of hydrogen-bond donors (Lipinski definition) is 1. The molecule has 0 spiro atoms. The number of ether oxygens (including phenoxy) is 1. The minimum Gasteiger partial charge on any atom is -0.449 e. The summed E-state index contributed by atoms with van der Waals surface area (Å²) < 4.78 is 52.2. The number of carbonyl (C=O) groups is 3. The Morgan fingerprint density at radius 1 is 1.20 bits per heavy atom. The van der Waals surface area contributed by atoms with Crippen LogP contribution in [0.15, 0.2) is 23.6 Å². The van der Waals surface area contributed by atoms with Crippen LogP contribution in [-0.4, -0.2) is 45.4 Å². The number of esters is 1. The Kier molecular flexibility index (Phi) is 6.20. The molecule has 1 N–H and O–H groups in total. The van der Waals surface area contributed by atoms with E-state index in [4.69, 9.17) is 4.74 Å². The van der Waals surface area contributed by atoms with Gasteiger partial charge < -0.3 is 9.84 Å². The number of thioether (sulfide) groups is 1. The molecule has 194 valence electrons. The second-order valence-electron chi connectivity index (χ2n) is 11.5. The normalized spacial score (nSPS) is 43.9. The van der Waals surface area contributed by atoms with Crippen molar-refractivity contribution in [3.05, 3.63) is 23.6 Å². The summed E-state index contributed by atoms with van der Waals surface area (Å²) in [5.74, 6) is -3.27. The molecule has 2 fully saturated rings. The molecule has 0 amide bonds. The van der Waals surface area contributed by atoms with Gasteiger partial charge in [0.25, 0.3) is 0 Å². The zero-order chi connectivity index (χ0) is 26.2. The van der Waals surface area contributed by atoms with E-state index in [1.807, 2.05) is 0 Å². The monoisotopic (exact) mass is 514 g/mol. The molecule has 0 aromatic carbocycles. The van der Waals surface area contributed by atoms with Crippen molar-refractivity contribution in [2.75, 3.05) is 6.01 Å². The first kappa shape index (κ1) is 26.5. The smallest absolute Gasteiger partial charge is 0.306 e. The Bertz CT molecular complexity index is 1040. The van der Waals surface area contributed by atoms with E-state index < -0.39 is 68.4 Å². The summed E-state index contributed by atoms with van der Waals surface area (Å²) in [5.41, 5.74) is -7.95. The van der Waals surface area contributed by atoms with Crippen LogP contribution in [0.3, 0.4) is 0 Å². The van der Waals surface area contributed by atoms with Gasteiger partial charge in [-0.25, -0.2) is 13.2 Å². The number of carbonyl (C=O) groups excluding carboxylic acids is 3. The fraction of sp³-hybridized carbons (Fsp3) is 0.731. The van der Waals surface area contributed by atoms with Gasteiger partial charge in [-0.1, -0.05) is 33.8 Å². The van der Waals surface area contributed by atoms with Crippen molar-refractivity contribution >= 4 is 28.6 Å². The summed E-state index contributed by atoms with van der Waals surface area (Å²) in [6.07, 6.45) is 0.326. The van der Waals surface area contributed by atoms with Crippen molar-refractivity contribution in [2.45, 2.75) is 84.1 Å². The Morgan fingerprint density at radius 2 is 1.86 bits per heavy atom. The van der Waals surface area contributed by atoms with Crippen LogP contribution in [0.5, 0.6) is 0 Å². The minimum absolute atomic E-state index is 0.0250. The Hall–Kier alpha value is -1.61. The number of aliphatic hydroxyl groups excluding tert-OH is 1. The Labute approximate surface area is 207 Å². The molecule has 4 aliphatic carbocycles. The van der Waals surface area contributed by atoms with E-state index in [-0.39, 0.29) is 43.5 Å². The predicted molar refractivity (Wildman–Crippen MR) is 125 cm³/mol. The topological polar surface area (TPSA) is 80.7 Å². The number of ketones is 1. The van der Waals surface area contributed by atoms with Crippen molar-refractivity contribution in [1.82, 2.24) is 0 Å². The summed E-state index contributed by atoms with van der Waals surface area (Å²) in [5, 5.41) is 10.8. The first-order valence-corrected chi connectivity index (χ1v) is 13.1. The summed E-state index contributed by atoms with van der Waals surface area (Å²) in [7, 11) is 0. The summed E-state index contributed by atoms with van der Waals surface area (Å²) in [6, 6.07) is -1.03. The minimum atomic E-state index is -2.31. The molecule has 0 aromatic rings. The molecular weight excluding hydrogens is 481 g/mol. The van der Waals surface area contributed by atoms with Crippen LogP contribution in [0.1, 0.15) is 66.7 Å². The van der Waals surface area contributed by atoms with Crippen LogP contribution in [0.4, 0.5) is 13.2 Å². The lowest BCUT2D eigenvalue weighted by atomic mass is 9.45. The van der Waals surface area contributed by atoms with E-state index in [9.17, 15) is 23.9 Å². The molecule has 0 heterocycles. The molecule has 0 radical (unpaired) electrons. The van der Waals surface area contributed by atoms with Gasteiger partial charge in [-0.05, 0) is 49.1 Å². The molecule has 7 unspecified atom stereocenters. The van der Waals surface area contributed by atoms with Crippen LogP contribution in [0.2, 0.25) is 0 Å². The number of hydrogen-bond acceptors (Lipinski definition) is 6. The maximum absolute atomic E-state index is 17.4. The zero-order valence-corrected chi connectivity index (χ0v) is 21.6. The Balaban J connectivity index is 1.93. The maximum Gasteiger partial charge on any atom is 0.306 e. The van der Waals surface area contributed by atoms with Crippen molar-refractivity contribution < 1.29 is 37.4 Å². The molecule has 0 aliphatic heterocycles. The molecule has 4 aliphatic rings. The lowest BCUT2D eigenvalue weighted by Gasteiger charge is -2.62. The van der Waals surface area contributed by atoms with E-state index in [0.717, 1.165) is 0 Å². The van der Waals surface area contributed by atoms with Crippen molar-refractivity contribution in [3.63, 3.8) is 0 Å². The molecule has 0 bridgehead atoms. The third-order valence-electron chi connectivity index (χ3n) is 9.57. The van der Waals surface area contributed by atoms with Crippen molar-refractivity contribution in [1.29, 1.82) is 0 Å². The molecular formula is C26H33F3O5S. The van der Waals surface area contributed by atoms with E-state index >= 15 is 8.78 Å². The predicted octanol–water partition coefficient (Wildman–Crippen LogP) is 5.17.